The van der Waals surface area contributed by atoms with E-state index in [0.29, 0.717) is 38.6 Å². The Labute approximate surface area is 231 Å². The molecule has 3 heterocycles. The number of nitrogens with one attached hydrogen (secondary N) is 3. The average Bonchev–Trinajstić information content (AvgIpc) is 3.71. The number of para-hydroxylation sites is 1. The van der Waals surface area contributed by atoms with E-state index >= 15 is 0 Å². The summed E-state index contributed by atoms with van der Waals surface area (Å²) in [6, 6.07) is 15.0. The summed E-state index contributed by atoms with van der Waals surface area (Å²) < 4.78 is 0. The number of aromatic amines is 1. The molecule has 0 radical (unpaired) electrons. The molecule has 7 heteroatoms. The van der Waals surface area contributed by atoms with E-state index in [-0.39, 0.29) is 23.7 Å². The molecular formula is C32H41N5O2. The van der Waals surface area contributed by atoms with Crippen molar-refractivity contribution in [2.24, 2.45) is 11.8 Å². The summed E-state index contributed by atoms with van der Waals surface area (Å²) in [6.45, 7) is 7.04. The first-order valence-corrected chi connectivity index (χ1v) is 14.8. The first kappa shape index (κ1) is 26.1. The van der Waals surface area contributed by atoms with Crippen LogP contribution >= 0.6 is 0 Å². The van der Waals surface area contributed by atoms with Crippen molar-refractivity contribution in [3.05, 3.63) is 65.4 Å². The third-order valence-electron chi connectivity index (χ3n) is 9.12. The number of likely N-dealkylation sites (N-methyl/N-ethyl adjacent to an activating group) is 1. The number of carbonyl (C=O) groups excluding carboxylic acids is 2. The first-order chi connectivity index (χ1) is 19.1. The molecule has 39 heavy (non-hydrogen) atoms. The standard InChI is InChI=1S/C32H41N5O2/c1-2-37-14-6-9-28(37)18-34-31(38)24-15-25(32(39)35-27-13-12-22-7-5-8-23(22)16-27)20-36(19-24)21-26-17-33-30-11-4-3-10-29(26)30/h3-4,10-13,16-17,24-25,28,33H,2,5-9,14-15,18-21H2,1H3,(H,34,38)(H,35,39)/t24-,25+,28?/m0/s1. The molecule has 1 aromatic heterocycles. The fourth-order valence-corrected chi connectivity index (χ4v) is 7.00. The third-order valence-corrected chi connectivity index (χ3v) is 9.12. The van der Waals surface area contributed by atoms with E-state index in [2.05, 4.69) is 68.9 Å². The Morgan fingerprint density at radius 3 is 2.69 bits per heavy atom. The van der Waals surface area contributed by atoms with Crippen molar-refractivity contribution < 1.29 is 9.59 Å². The molecular weight excluding hydrogens is 486 g/mol. The maximum absolute atomic E-state index is 13.6. The number of anilines is 1. The number of aryl methyl sites for hydroxylation is 2. The van der Waals surface area contributed by atoms with Crippen LogP contribution in [0.15, 0.2) is 48.7 Å². The Bertz CT molecular complexity index is 1330. The number of carbonyl (C=O) groups is 2. The van der Waals surface area contributed by atoms with E-state index in [1.165, 1.54) is 34.9 Å². The lowest BCUT2D eigenvalue weighted by Crippen LogP contribution is -2.50. The SMILES string of the molecule is CCN1CCCC1CNC(=O)[C@H]1C[C@@H](C(=O)Nc2ccc3c(c2)CCC3)CN(Cc2c[nH]c3ccccc23)C1. The maximum atomic E-state index is 13.6. The molecule has 3 aliphatic rings. The van der Waals surface area contributed by atoms with Gasteiger partial charge in [-0.05, 0) is 86.5 Å². The topological polar surface area (TPSA) is 80.5 Å². The minimum atomic E-state index is -0.244. The average molecular weight is 528 g/mol. The van der Waals surface area contributed by atoms with Crippen LogP contribution in [0.3, 0.4) is 0 Å². The van der Waals surface area contributed by atoms with Crippen LogP contribution in [0.1, 0.15) is 49.3 Å². The van der Waals surface area contributed by atoms with E-state index in [1.807, 2.05) is 12.1 Å². The number of nitrogens with zero attached hydrogens (tertiary/aromatic N) is 2. The molecule has 1 aliphatic carbocycles. The molecule has 3 atom stereocenters. The number of benzene rings is 2. The van der Waals surface area contributed by atoms with E-state index in [4.69, 9.17) is 0 Å². The molecule has 1 unspecified atom stereocenters. The molecule has 2 aromatic carbocycles. The monoisotopic (exact) mass is 527 g/mol. The van der Waals surface area contributed by atoms with Crippen molar-refractivity contribution in [3.63, 3.8) is 0 Å². The number of hydrogen-bond donors (Lipinski definition) is 3. The largest absolute Gasteiger partial charge is 0.361 e. The number of aromatic nitrogens is 1. The molecule has 0 bridgehead atoms. The highest BCUT2D eigenvalue weighted by atomic mass is 16.2. The van der Waals surface area contributed by atoms with Crippen LogP contribution in [0.5, 0.6) is 0 Å². The summed E-state index contributed by atoms with van der Waals surface area (Å²) in [4.78, 5) is 35.2. The van der Waals surface area contributed by atoms with Gasteiger partial charge >= 0.3 is 0 Å². The van der Waals surface area contributed by atoms with Crippen LogP contribution in [-0.4, -0.2) is 65.4 Å². The zero-order valence-corrected chi connectivity index (χ0v) is 23.0. The Morgan fingerprint density at radius 2 is 1.82 bits per heavy atom. The molecule has 2 aliphatic heterocycles. The van der Waals surface area contributed by atoms with Gasteiger partial charge in [-0.25, -0.2) is 0 Å². The summed E-state index contributed by atoms with van der Waals surface area (Å²) in [5.41, 5.74) is 5.94. The van der Waals surface area contributed by atoms with Gasteiger partial charge in [0.25, 0.3) is 0 Å². The fourth-order valence-electron chi connectivity index (χ4n) is 7.00. The molecule has 0 spiro atoms. The second kappa shape index (κ2) is 11.5. The minimum absolute atomic E-state index is 0.0160. The van der Waals surface area contributed by atoms with Crippen LogP contribution in [0, 0.1) is 11.8 Å². The van der Waals surface area contributed by atoms with E-state index in [0.717, 1.165) is 43.6 Å². The van der Waals surface area contributed by atoms with Gasteiger partial charge in [-0.3, -0.25) is 19.4 Å². The van der Waals surface area contributed by atoms with Gasteiger partial charge in [-0.1, -0.05) is 31.2 Å². The zero-order chi connectivity index (χ0) is 26.8. The van der Waals surface area contributed by atoms with Crippen LogP contribution in [0.25, 0.3) is 10.9 Å². The van der Waals surface area contributed by atoms with Gasteiger partial charge in [-0.15, -0.1) is 0 Å². The molecule has 7 nitrogen and oxygen atoms in total. The van der Waals surface area contributed by atoms with Crippen molar-refractivity contribution in [1.82, 2.24) is 20.1 Å². The summed E-state index contributed by atoms with van der Waals surface area (Å²) >= 11 is 0. The van der Waals surface area contributed by atoms with E-state index in [9.17, 15) is 9.59 Å². The second-order valence-electron chi connectivity index (χ2n) is 11.7. The summed E-state index contributed by atoms with van der Waals surface area (Å²) in [5.74, 6) is -0.359. The lowest BCUT2D eigenvalue weighted by atomic mass is 9.87. The number of hydrogen-bond acceptors (Lipinski definition) is 4. The molecule has 6 rings (SSSR count). The number of amides is 2. The smallest absolute Gasteiger partial charge is 0.228 e. The number of likely N-dealkylation sites (tertiary alicyclic amines) is 2. The quantitative estimate of drug-likeness (QED) is 0.407. The summed E-state index contributed by atoms with van der Waals surface area (Å²) in [7, 11) is 0. The highest BCUT2D eigenvalue weighted by molar-refractivity contribution is 5.93. The predicted molar refractivity (Wildman–Crippen MR) is 156 cm³/mol. The molecule has 2 fully saturated rings. The van der Waals surface area contributed by atoms with Crippen molar-refractivity contribution in [2.45, 2.75) is 58.0 Å². The van der Waals surface area contributed by atoms with Crippen molar-refractivity contribution >= 4 is 28.4 Å². The van der Waals surface area contributed by atoms with Crippen LogP contribution in [-0.2, 0) is 29.0 Å². The highest BCUT2D eigenvalue weighted by Gasteiger charge is 2.36. The van der Waals surface area contributed by atoms with Gasteiger partial charge in [0.15, 0.2) is 0 Å². The normalized spacial score (nSPS) is 23.7. The molecule has 206 valence electrons. The van der Waals surface area contributed by atoms with Crippen LogP contribution in [0.4, 0.5) is 5.69 Å². The van der Waals surface area contributed by atoms with Crippen LogP contribution < -0.4 is 10.6 Å². The summed E-state index contributed by atoms with van der Waals surface area (Å²) in [6.07, 6.45) is 8.37. The Hall–Kier alpha value is -3.16. The van der Waals surface area contributed by atoms with Gasteiger partial charge in [0.05, 0.1) is 11.8 Å². The highest BCUT2D eigenvalue weighted by Crippen LogP contribution is 2.29. The molecule has 0 saturated carbocycles. The molecule has 3 aromatic rings. The maximum Gasteiger partial charge on any atom is 0.228 e. The van der Waals surface area contributed by atoms with Gasteiger partial charge in [0, 0.05) is 55.0 Å². The van der Waals surface area contributed by atoms with Gasteiger partial charge in [-0.2, -0.15) is 0 Å². The number of rotatable bonds is 8. The molecule has 3 N–H and O–H groups in total. The van der Waals surface area contributed by atoms with Crippen molar-refractivity contribution in [1.29, 1.82) is 0 Å². The van der Waals surface area contributed by atoms with Crippen molar-refractivity contribution in [3.8, 4) is 0 Å². The fraction of sp³-hybridized carbons (Fsp3) is 0.500. The first-order valence-electron chi connectivity index (χ1n) is 14.8. The zero-order valence-electron chi connectivity index (χ0n) is 23.0. The van der Waals surface area contributed by atoms with Gasteiger partial charge in [0.2, 0.25) is 11.8 Å². The lowest BCUT2D eigenvalue weighted by molar-refractivity contribution is -0.130. The molecule has 2 amide bonds. The Kier molecular flexibility index (Phi) is 7.71. The summed E-state index contributed by atoms with van der Waals surface area (Å²) in [5, 5.41) is 7.65. The predicted octanol–water partition coefficient (Wildman–Crippen LogP) is 4.33. The Balaban J connectivity index is 1.16. The second-order valence-corrected chi connectivity index (χ2v) is 11.7. The van der Waals surface area contributed by atoms with Crippen LogP contribution in [0.2, 0.25) is 0 Å². The van der Waals surface area contributed by atoms with Gasteiger partial charge < -0.3 is 15.6 Å². The third kappa shape index (κ3) is 5.75. The Morgan fingerprint density at radius 1 is 1.00 bits per heavy atom. The minimum Gasteiger partial charge on any atom is -0.361 e. The number of fused-ring (bicyclic) bond motifs is 2. The lowest BCUT2D eigenvalue weighted by Gasteiger charge is -2.36. The van der Waals surface area contributed by atoms with E-state index < -0.39 is 0 Å². The van der Waals surface area contributed by atoms with Gasteiger partial charge in [0.1, 0.15) is 0 Å². The van der Waals surface area contributed by atoms with E-state index in [1.54, 1.807) is 0 Å². The number of piperidine rings is 1. The van der Waals surface area contributed by atoms with Crippen molar-refractivity contribution in [2.75, 3.05) is 38.0 Å². The number of H-pyrrole nitrogens is 1. The molecule has 2 saturated heterocycles.